The van der Waals surface area contributed by atoms with Gasteiger partial charge in [-0.25, -0.2) is 0 Å². The number of hydrogen-bond acceptors (Lipinski definition) is 4. The second-order valence-corrected chi connectivity index (χ2v) is 12.4. The molecular weight excluding hydrogens is 265 g/mol. The minimum Gasteiger partial charge on any atom is -0.314 e. The Morgan fingerprint density at radius 1 is 1.06 bits per heavy atom. The Labute approximate surface area is 114 Å². The van der Waals surface area contributed by atoms with Crippen molar-refractivity contribution in [2.75, 3.05) is 26.0 Å². The second kappa shape index (κ2) is 8.49. The standard InChI is InChI=1S/C12H30NO3PSi/c1-7-10-11-13(18(4,5)6)12-17(14,15-8-2)16-9-3/h7-12H2,1-6H3. The van der Waals surface area contributed by atoms with Gasteiger partial charge in [0, 0.05) is 0 Å². The molecule has 0 fully saturated rings. The SMILES string of the molecule is CCCCN(CP(=O)(OCC)OCC)[Si](C)(C)C. The molecule has 0 heterocycles. The normalized spacial score (nSPS) is 13.3. The van der Waals surface area contributed by atoms with E-state index in [0.29, 0.717) is 19.5 Å². The highest BCUT2D eigenvalue weighted by Crippen LogP contribution is 2.49. The summed E-state index contributed by atoms with van der Waals surface area (Å²) < 4.78 is 25.7. The van der Waals surface area contributed by atoms with Crippen LogP contribution in [0.2, 0.25) is 19.6 Å². The van der Waals surface area contributed by atoms with Gasteiger partial charge in [-0.3, -0.25) is 4.57 Å². The molecular formula is C12H30NO3PSi. The molecule has 0 saturated heterocycles. The quantitative estimate of drug-likeness (QED) is 0.448. The smallest absolute Gasteiger partial charge is 0.314 e. The zero-order chi connectivity index (χ0) is 14.2. The largest absolute Gasteiger partial charge is 0.343 e. The van der Waals surface area contributed by atoms with Gasteiger partial charge in [-0.15, -0.1) is 0 Å². The molecule has 0 bridgehead atoms. The van der Waals surface area contributed by atoms with Gasteiger partial charge in [0.15, 0.2) is 0 Å². The summed E-state index contributed by atoms with van der Waals surface area (Å²) >= 11 is 0. The lowest BCUT2D eigenvalue weighted by Crippen LogP contribution is -2.47. The van der Waals surface area contributed by atoms with Crippen molar-refractivity contribution in [2.45, 2.75) is 53.3 Å². The first kappa shape index (κ1) is 18.3. The highest BCUT2D eigenvalue weighted by molar-refractivity contribution is 7.53. The zero-order valence-electron chi connectivity index (χ0n) is 12.9. The molecule has 0 aliphatic carbocycles. The van der Waals surface area contributed by atoms with Gasteiger partial charge in [-0.1, -0.05) is 33.0 Å². The van der Waals surface area contributed by atoms with E-state index < -0.39 is 15.8 Å². The molecule has 0 amide bonds. The summed E-state index contributed by atoms with van der Waals surface area (Å²) in [5, 5.41) is 0. The monoisotopic (exact) mass is 295 g/mol. The summed E-state index contributed by atoms with van der Waals surface area (Å²) in [6.45, 7) is 14.5. The van der Waals surface area contributed by atoms with Crippen molar-refractivity contribution in [1.82, 2.24) is 4.57 Å². The van der Waals surface area contributed by atoms with E-state index in [9.17, 15) is 4.57 Å². The average Bonchev–Trinajstić information content (AvgIpc) is 2.23. The fraction of sp³-hybridized carbons (Fsp3) is 1.00. The van der Waals surface area contributed by atoms with Crippen LogP contribution in [0.4, 0.5) is 0 Å². The number of rotatable bonds is 10. The molecule has 4 nitrogen and oxygen atoms in total. The molecule has 0 atom stereocenters. The molecule has 0 aliphatic rings. The minimum atomic E-state index is -2.95. The molecule has 0 aromatic rings. The number of nitrogens with zero attached hydrogens (tertiary/aromatic N) is 1. The van der Waals surface area contributed by atoms with Crippen LogP contribution in [0.5, 0.6) is 0 Å². The van der Waals surface area contributed by atoms with E-state index in [2.05, 4.69) is 31.1 Å². The van der Waals surface area contributed by atoms with Crippen molar-refractivity contribution < 1.29 is 13.6 Å². The molecule has 0 aromatic carbocycles. The van der Waals surface area contributed by atoms with Crippen LogP contribution in [0.25, 0.3) is 0 Å². The van der Waals surface area contributed by atoms with Gasteiger partial charge in [-0.2, -0.15) is 0 Å². The molecule has 0 rings (SSSR count). The lowest BCUT2D eigenvalue weighted by Gasteiger charge is -2.35. The van der Waals surface area contributed by atoms with E-state index in [1.54, 1.807) is 0 Å². The summed E-state index contributed by atoms with van der Waals surface area (Å²) in [5.74, 6) is 0. The lowest BCUT2D eigenvalue weighted by atomic mass is 10.3. The molecule has 110 valence electrons. The Kier molecular flexibility index (Phi) is 8.64. The predicted octanol–water partition coefficient (Wildman–Crippen LogP) is 4.15. The topological polar surface area (TPSA) is 38.8 Å². The Balaban J connectivity index is 4.74. The summed E-state index contributed by atoms with van der Waals surface area (Å²) in [6, 6.07) is 0. The molecule has 18 heavy (non-hydrogen) atoms. The maximum absolute atomic E-state index is 12.6. The number of unbranched alkanes of at least 4 members (excludes halogenated alkanes) is 1. The van der Waals surface area contributed by atoms with Gasteiger partial charge in [0.25, 0.3) is 0 Å². The molecule has 0 saturated carbocycles. The summed E-state index contributed by atoms with van der Waals surface area (Å²) in [7, 11) is -4.44. The summed E-state index contributed by atoms with van der Waals surface area (Å²) in [6.07, 6.45) is 2.71. The molecule has 0 unspecified atom stereocenters. The molecule has 6 heteroatoms. The maximum atomic E-state index is 12.6. The van der Waals surface area contributed by atoms with Crippen LogP contribution >= 0.6 is 7.60 Å². The van der Waals surface area contributed by atoms with Gasteiger partial charge < -0.3 is 13.6 Å². The highest BCUT2D eigenvalue weighted by Gasteiger charge is 2.33. The molecule has 0 aromatic heterocycles. The van der Waals surface area contributed by atoms with Crippen LogP contribution in [-0.4, -0.2) is 38.8 Å². The van der Waals surface area contributed by atoms with Gasteiger partial charge in [0.2, 0.25) is 0 Å². The molecule has 0 radical (unpaired) electrons. The van der Waals surface area contributed by atoms with Crippen LogP contribution in [0.1, 0.15) is 33.6 Å². The maximum Gasteiger partial charge on any atom is 0.343 e. The van der Waals surface area contributed by atoms with Gasteiger partial charge in [0.1, 0.15) is 8.24 Å². The van der Waals surface area contributed by atoms with E-state index in [1.807, 2.05) is 13.8 Å². The zero-order valence-corrected chi connectivity index (χ0v) is 14.8. The van der Waals surface area contributed by atoms with Crippen LogP contribution in [-0.2, 0) is 13.6 Å². The van der Waals surface area contributed by atoms with Crippen molar-refractivity contribution >= 4 is 15.8 Å². The molecule has 0 N–H and O–H groups in total. The third-order valence-corrected chi connectivity index (χ3v) is 7.26. The van der Waals surface area contributed by atoms with Crippen molar-refractivity contribution in [3.63, 3.8) is 0 Å². The van der Waals surface area contributed by atoms with Gasteiger partial charge in [0.05, 0.1) is 19.5 Å². The summed E-state index contributed by atoms with van der Waals surface area (Å²) in [5.41, 5.74) is 0. The first-order valence-electron chi connectivity index (χ1n) is 6.92. The fourth-order valence-electron chi connectivity index (χ4n) is 1.69. The van der Waals surface area contributed by atoms with Gasteiger partial charge >= 0.3 is 7.60 Å². The van der Waals surface area contributed by atoms with Crippen molar-refractivity contribution in [3.05, 3.63) is 0 Å². The predicted molar refractivity (Wildman–Crippen MR) is 80.7 cm³/mol. The first-order chi connectivity index (χ1) is 8.29. The van der Waals surface area contributed by atoms with Crippen LogP contribution in [0.3, 0.4) is 0 Å². The van der Waals surface area contributed by atoms with Crippen molar-refractivity contribution in [2.24, 2.45) is 0 Å². The second-order valence-electron chi connectivity index (χ2n) is 5.38. The molecule has 0 spiro atoms. The molecule has 0 aliphatic heterocycles. The third kappa shape index (κ3) is 7.05. The van der Waals surface area contributed by atoms with Crippen LogP contribution in [0, 0.1) is 0 Å². The Morgan fingerprint density at radius 2 is 1.56 bits per heavy atom. The third-order valence-electron chi connectivity index (χ3n) is 2.73. The first-order valence-corrected chi connectivity index (χ1v) is 12.1. The van der Waals surface area contributed by atoms with Gasteiger partial charge in [-0.05, 0) is 26.8 Å². The Morgan fingerprint density at radius 3 is 1.89 bits per heavy atom. The lowest BCUT2D eigenvalue weighted by molar-refractivity contribution is 0.210. The van der Waals surface area contributed by atoms with E-state index in [1.165, 1.54) is 0 Å². The fourth-order valence-corrected chi connectivity index (χ4v) is 6.32. The minimum absolute atomic E-state index is 0.435. The van der Waals surface area contributed by atoms with E-state index in [0.717, 1.165) is 19.4 Å². The van der Waals surface area contributed by atoms with E-state index in [-0.39, 0.29) is 0 Å². The Bertz CT molecular complexity index is 259. The van der Waals surface area contributed by atoms with Crippen molar-refractivity contribution in [3.8, 4) is 0 Å². The number of hydrogen-bond donors (Lipinski definition) is 0. The van der Waals surface area contributed by atoms with Crippen LogP contribution < -0.4 is 0 Å². The van der Waals surface area contributed by atoms with E-state index in [4.69, 9.17) is 9.05 Å². The average molecular weight is 295 g/mol. The Hall–Kier alpha value is 0.327. The summed E-state index contributed by atoms with van der Waals surface area (Å²) in [4.78, 5) is 0. The van der Waals surface area contributed by atoms with E-state index >= 15 is 0 Å². The van der Waals surface area contributed by atoms with Crippen molar-refractivity contribution in [1.29, 1.82) is 0 Å². The van der Waals surface area contributed by atoms with Crippen LogP contribution in [0.15, 0.2) is 0 Å². The highest BCUT2D eigenvalue weighted by atomic mass is 31.2.